The highest BCUT2D eigenvalue weighted by atomic mass is 19.4. The fourth-order valence-corrected chi connectivity index (χ4v) is 3.68. The molecule has 0 atom stereocenters. The quantitative estimate of drug-likeness (QED) is 0.543. The standard InChI is InChI=1S/C22H19F4N3O3/c1-14-19(20(27-32-14)15-5-4-6-16(13-15)31-22(24,25)26)21(30)29-11-9-28(10-12-29)18-8-3-2-7-17(18)23/h2-8,13H,9-12H2,1H3. The minimum atomic E-state index is -4.84. The van der Waals surface area contributed by atoms with E-state index >= 15 is 0 Å². The zero-order valence-electron chi connectivity index (χ0n) is 17.0. The molecule has 1 aliphatic heterocycles. The molecule has 32 heavy (non-hydrogen) atoms. The minimum Gasteiger partial charge on any atom is -0.406 e. The lowest BCUT2D eigenvalue weighted by atomic mass is 10.0. The average molecular weight is 449 g/mol. The molecule has 3 aromatic rings. The molecule has 1 aliphatic rings. The van der Waals surface area contributed by atoms with E-state index in [1.165, 1.54) is 18.2 Å². The SMILES string of the molecule is Cc1onc(-c2cccc(OC(F)(F)F)c2)c1C(=O)N1CCN(c2ccccc2F)CC1. The maximum absolute atomic E-state index is 14.1. The molecule has 168 valence electrons. The van der Waals surface area contributed by atoms with E-state index in [9.17, 15) is 22.4 Å². The van der Waals surface area contributed by atoms with Gasteiger partial charge in [-0.1, -0.05) is 29.4 Å². The van der Waals surface area contributed by atoms with Crippen LogP contribution in [-0.2, 0) is 0 Å². The summed E-state index contributed by atoms with van der Waals surface area (Å²) in [5, 5.41) is 3.89. The topological polar surface area (TPSA) is 58.8 Å². The first-order chi connectivity index (χ1) is 15.2. The lowest BCUT2D eigenvalue weighted by Crippen LogP contribution is -2.49. The first-order valence-electron chi connectivity index (χ1n) is 9.84. The van der Waals surface area contributed by atoms with Crippen molar-refractivity contribution in [3.8, 4) is 17.0 Å². The Hall–Kier alpha value is -3.56. The van der Waals surface area contributed by atoms with E-state index in [0.717, 1.165) is 12.1 Å². The number of carbonyl (C=O) groups is 1. The number of nitrogens with zero attached hydrogens (tertiary/aromatic N) is 3. The van der Waals surface area contributed by atoms with Crippen LogP contribution in [0.1, 0.15) is 16.1 Å². The maximum atomic E-state index is 14.1. The summed E-state index contributed by atoms with van der Waals surface area (Å²) in [5.74, 6) is -0.851. The number of ether oxygens (including phenoxy) is 1. The molecule has 2 aromatic carbocycles. The van der Waals surface area contributed by atoms with Gasteiger partial charge in [-0.05, 0) is 31.2 Å². The number of anilines is 1. The van der Waals surface area contributed by atoms with Gasteiger partial charge in [0.15, 0.2) is 0 Å². The van der Waals surface area contributed by atoms with Crippen molar-refractivity contribution in [2.75, 3.05) is 31.1 Å². The molecule has 1 fully saturated rings. The van der Waals surface area contributed by atoms with Gasteiger partial charge >= 0.3 is 6.36 Å². The molecule has 1 aromatic heterocycles. The minimum absolute atomic E-state index is 0.136. The predicted octanol–water partition coefficient (Wildman–Crippen LogP) is 4.65. The monoisotopic (exact) mass is 449 g/mol. The van der Waals surface area contributed by atoms with Crippen LogP contribution in [0.3, 0.4) is 0 Å². The Morgan fingerprint density at radius 3 is 2.47 bits per heavy atom. The molecular formula is C22H19F4N3O3. The number of benzene rings is 2. The van der Waals surface area contributed by atoms with Gasteiger partial charge in [-0.25, -0.2) is 4.39 Å². The summed E-state index contributed by atoms with van der Waals surface area (Å²) in [6.45, 7) is 3.11. The van der Waals surface area contributed by atoms with Crippen LogP contribution in [-0.4, -0.2) is 48.5 Å². The number of alkyl halides is 3. The van der Waals surface area contributed by atoms with E-state index in [0.29, 0.717) is 31.9 Å². The number of aromatic nitrogens is 1. The van der Waals surface area contributed by atoms with Crippen LogP contribution in [0.4, 0.5) is 23.2 Å². The number of aryl methyl sites for hydroxylation is 1. The van der Waals surface area contributed by atoms with Gasteiger partial charge < -0.3 is 19.1 Å². The third-order valence-corrected chi connectivity index (χ3v) is 5.18. The van der Waals surface area contributed by atoms with E-state index in [1.54, 1.807) is 30.0 Å². The molecular weight excluding hydrogens is 430 g/mol. The van der Waals surface area contributed by atoms with Crippen molar-refractivity contribution in [3.05, 3.63) is 65.7 Å². The zero-order chi connectivity index (χ0) is 22.9. The van der Waals surface area contributed by atoms with Crippen molar-refractivity contribution in [1.82, 2.24) is 10.1 Å². The summed E-state index contributed by atoms with van der Waals surface area (Å²) in [5.41, 5.74) is 1.05. The van der Waals surface area contributed by atoms with Gasteiger partial charge in [0.25, 0.3) is 5.91 Å². The summed E-state index contributed by atoms with van der Waals surface area (Å²) in [4.78, 5) is 16.7. The number of amides is 1. The van der Waals surface area contributed by atoms with Crippen LogP contribution in [0.5, 0.6) is 5.75 Å². The van der Waals surface area contributed by atoms with Crippen molar-refractivity contribution >= 4 is 11.6 Å². The summed E-state index contributed by atoms with van der Waals surface area (Å²) < 4.78 is 60.9. The number of piperazine rings is 1. The Kier molecular flexibility index (Phi) is 5.77. The second kappa shape index (κ2) is 8.52. The van der Waals surface area contributed by atoms with Crippen molar-refractivity contribution in [1.29, 1.82) is 0 Å². The Morgan fingerprint density at radius 2 is 1.78 bits per heavy atom. The second-order valence-corrected chi connectivity index (χ2v) is 7.27. The Morgan fingerprint density at radius 1 is 1.06 bits per heavy atom. The lowest BCUT2D eigenvalue weighted by molar-refractivity contribution is -0.274. The molecule has 0 radical (unpaired) electrons. The first kappa shape index (κ1) is 21.7. The number of halogens is 4. The fourth-order valence-electron chi connectivity index (χ4n) is 3.68. The molecule has 0 spiro atoms. The summed E-state index contributed by atoms with van der Waals surface area (Å²) >= 11 is 0. The van der Waals surface area contributed by atoms with E-state index in [4.69, 9.17) is 4.52 Å². The molecule has 1 saturated heterocycles. The predicted molar refractivity (Wildman–Crippen MR) is 108 cm³/mol. The van der Waals surface area contributed by atoms with Gasteiger partial charge in [0.1, 0.15) is 28.6 Å². The van der Waals surface area contributed by atoms with Crippen LogP contribution in [0.15, 0.2) is 53.1 Å². The van der Waals surface area contributed by atoms with Crippen molar-refractivity contribution in [3.63, 3.8) is 0 Å². The van der Waals surface area contributed by atoms with Crippen molar-refractivity contribution < 1.29 is 31.6 Å². The number of hydrogen-bond donors (Lipinski definition) is 0. The Bertz CT molecular complexity index is 1120. The Labute approximate surface area is 181 Å². The van der Waals surface area contributed by atoms with E-state index in [2.05, 4.69) is 9.89 Å². The number of para-hydroxylation sites is 1. The number of carbonyl (C=O) groups excluding carboxylic acids is 1. The first-order valence-corrected chi connectivity index (χ1v) is 9.84. The number of hydrogen-bond acceptors (Lipinski definition) is 5. The summed E-state index contributed by atoms with van der Waals surface area (Å²) in [6, 6.07) is 11.6. The molecule has 0 unspecified atom stereocenters. The van der Waals surface area contributed by atoms with Gasteiger partial charge in [0, 0.05) is 31.7 Å². The molecule has 2 heterocycles. The van der Waals surface area contributed by atoms with E-state index in [1.807, 2.05) is 4.90 Å². The largest absolute Gasteiger partial charge is 0.573 e. The van der Waals surface area contributed by atoms with Crippen LogP contribution in [0.25, 0.3) is 11.3 Å². The molecule has 0 bridgehead atoms. The van der Waals surface area contributed by atoms with Crippen LogP contribution >= 0.6 is 0 Å². The normalized spacial score (nSPS) is 14.5. The van der Waals surface area contributed by atoms with Crippen LogP contribution in [0, 0.1) is 12.7 Å². The molecule has 4 rings (SSSR count). The third-order valence-electron chi connectivity index (χ3n) is 5.18. The van der Waals surface area contributed by atoms with E-state index < -0.39 is 12.1 Å². The molecule has 6 nitrogen and oxygen atoms in total. The third kappa shape index (κ3) is 4.53. The maximum Gasteiger partial charge on any atom is 0.573 e. The molecule has 10 heteroatoms. The second-order valence-electron chi connectivity index (χ2n) is 7.27. The van der Waals surface area contributed by atoms with E-state index in [-0.39, 0.29) is 34.3 Å². The molecule has 0 aliphatic carbocycles. The smallest absolute Gasteiger partial charge is 0.406 e. The zero-order valence-corrected chi connectivity index (χ0v) is 17.0. The fraction of sp³-hybridized carbons (Fsp3) is 0.273. The molecule has 1 amide bonds. The van der Waals surface area contributed by atoms with Gasteiger partial charge in [-0.3, -0.25) is 4.79 Å². The molecule has 0 saturated carbocycles. The Balaban J connectivity index is 1.53. The van der Waals surface area contributed by atoms with Gasteiger partial charge in [-0.2, -0.15) is 0 Å². The van der Waals surface area contributed by atoms with Crippen molar-refractivity contribution in [2.45, 2.75) is 13.3 Å². The highest BCUT2D eigenvalue weighted by molar-refractivity contribution is 6.01. The number of rotatable bonds is 4. The van der Waals surface area contributed by atoms with Gasteiger partial charge in [0.05, 0.1) is 5.69 Å². The van der Waals surface area contributed by atoms with Gasteiger partial charge in [-0.15, -0.1) is 13.2 Å². The molecule has 0 N–H and O–H groups in total. The van der Waals surface area contributed by atoms with Crippen LogP contribution < -0.4 is 9.64 Å². The highest BCUT2D eigenvalue weighted by Crippen LogP contribution is 2.31. The lowest BCUT2D eigenvalue weighted by Gasteiger charge is -2.36. The van der Waals surface area contributed by atoms with Crippen molar-refractivity contribution in [2.24, 2.45) is 0 Å². The average Bonchev–Trinajstić information content (AvgIpc) is 3.14. The van der Waals surface area contributed by atoms with Gasteiger partial charge in [0.2, 0.25) is 0 Å². The summed E-state index contributed by atoms with van der Waals surface area (Å²) in [7, 11) is 0. The van der Waals surface area contributed by atoms with Crippen LogP contribution in [0.2, 0.25) is 0 Å². The summed E-state index contributed by atoms with van der Waals surface area (Å²) in [6.07, 6.45) is -4.84. The highest BCUT2D eigenvalue weighted by Gasteiger charge is 2.32.